The predicted molar refractivity (Wildman–Crippen MR) is 125 cm³/mol. The fraction of sp³-hybridized carbons (Fsp3) is 0.240. The summed E-state index contributed by atoms with van der Waals surface area (Å²) < 4.78 is 20.5. The molecule has 2 atom stereocenters. The zero-order valence-electron chi connectivity index (χ0n) is 18.2. The Balaban J connectivity index is 1.65. The number of likely N-dealkylation sites (N-methyl/N-ethyl adjacent to an activating group) is 1. The third kappa shape index (κ3) is 3.62. The zero-order chi connectivity index (χ0) is 23.4. The highest BCUT2D eigenvalue weighted by Crippen LogP contribution is 2.50. The summed E-state index contributed by atoms with van der Waals surface area (Å²) in [6.45, 7) is 1.95. The average Bonchev–Trinajstić information content (AvgIpc) is 2.97. The lowest BCUT2D eigenvalue weighted by Gasteiger charge is -2.43. The Morgan fingerprint density at radius 3 is 2.67 bits per heavy atom. The third-order valence-electron chi connectivity index (χ3n) is 6.20. The number of amides is 1. The van der Waals surface area contributed by atoms with Crippen LogP contribution in [0, 0.1) is 5.82 Å². The molecule has 1 spiro atoms. The molecule has 6 nitrogen and oxygen atoms in total. The van der Waals surface area contributed by atoms with Gasteiger partial charge in [-0.1, -0.05) is 23.7 Å². The predicted octanol–water partition coefficient (Wildman–Crippen LogP) is 4.31. The van der Waals surface area contributed by atoms with E-state index in [-0.39, 0.29) is 23.3 Å². The summed E-state index contributed by atoms with van der Waals surface area (Å²) in [6.07, 6.45) is 2.50. The molecule has 33 heavy (non-hydrogen) atoms. The van der Waals surface area contributed by atoms with E-state index in [9.17, 15) is 9.18 Å². The van der Waals surface area contributed by atoms with Crippen LogP contribution in [0.2, 0.25) is 5.02 Å². The number of halogens is 2. The van der Waals surface area contributed by atoms with Gasteiger partial charge < -0.3 is 10.5 Å². The smallest absolute Gasteiger partial charge is 0.261 e. The van der Waals surface area contributed by atoms with Crippen LogP contribution < -0.4 is 10.5 Å². The largest absolute Gasteiger partial charge is 0.487 e. The SMILES string of the molecule is CN1C(=O)C2(CC(C)(Cc3ccccn3)Oc3ccc(-c4cc(F)cc(Cl)c4)cc32)N=C1N. The number of hydrogen-bond acceptors (Lipinski definition) is 5. The van der Waals surface area contributed by atoms with E-state index in [0.717, 1.165) is 5.69 Å². The molecule has 2 aliphatic heterocycles. The monoisotopic (exact) mass is 464 g/mol. The molecule has 0 radical (unpaired) electrons. The summed E-state index contributed by atoms with van der Waals surface area (Å²) in [7, 11) is 1.61. The molecule has 2 aliphatic rings. The molecule has 168 valence electrons. The lowest BCUT2D eigenvalue weighted by atomic mass is 9.74. The number of aliphatic imine (C=N–C) groups is 1. The average molecular weight is 465 g/mol. The fourth-order valence-electron chi connectivity index (χ4n) is 4.76. The van der Waals surface area contributed by atoms with Crippen molar-refractivity contribution in [1.29, 1.82) is 0 Å². The van der Waals surface area contributed by atoms with E-state index in [4.69, 9.17) is 22.1 Å². The molecular formula is C25H22ClFN4O2. The second-order valence-electron chi connectivity index (χ2n) is 8.79. The number of fused-ring (bicyclic) bond motifs is 2. The Labute approximate surface area is 195 Å². The maximum Gasteiger partial charge on any atom is 0.261 e. The van der Waals surface area contributed by atoms with Gasteiger partial charge in [0.1, 0.15) is 17.2 Å². The summed E-state index contributed by atoms with van der Waals surface area (Å²) in [4.78, 5) is 24.0. The van der Waals surface area contributed by atoms with Crippen molar-refractivity contribution in [3.8, 4) is 16.9 Å². The van der Waals surface area contributed by atoms with Gasteiger partial charge in [0.25, 0.3) is 5.91 Å². The molecule has 2 aromatic carbocycles. The number of carbonyl (C=O) groups is 1. The van der Waals surface area contributed by atoms with Crippen molar-refractivity contribution >= 4 is 23.5 Å². The number of aromatic nitrogens is 1. The lowest BCUT2D eigenvalue weighted by Crippen LogP contribution is -2.51. The lowest BCUT2D eigenvalue weighted by molar-refractivity contribution is -0.133. The van der Waals surface area contributed by atoms with E-state index in [0.29, 0.717) is 28.9 Å². The van der Waals surface area contributed by atoms with Crippen LogP contribution in [0.5, 0.6) is 5.75 Å². The molecule has 8 heteroatoms. The molecule has 0 fully saturated rings. The van der Waals surface area contributed by atoms with Crippen LogP contribution in [0.15, 0.2) is 65.8 Å². The third-order valence-corrected chi connectivity index (χ3v) is 6.41. The minimum absolute atomic E-state index is 0.146. The standard InChI is InChI=1S/C25H22ClFN4O2/c1-24(13-19-5-3-4-8-29-19)14-25(22(32)31(2)23(28)30-25)20-11-15(6-7-21(20)33-24)16-9-17(26)12-18(27)10-16/h3-12H,13-14H2,1-2H3,(H2,28,30). The Kier molecular flexibility index (Phi) is 4.90. The minimum Gasteiger partial charge on any atom is -0.487 e. The maximum atomic E-state index is 14.0. The highest BCUT2D eigenvalue weighted by atomic mass is 35.5. The maximum absolute atomic E-state index is 14.0. The zero-order valence-corrected chi connectivity index (χ0v) is 18.9. The van der Waals surface area contributed by atoms with Crippen molar-refractivity contribution in [1.82, 2.24) is 9.88 Å². The Morgan fingerprint density at radius 2 is 2.00 bits per heavy atom. The molecule has 1 amide bonds. The van der Waals surface area contributed by atoms with Gasteiger partial charge in [0.15, 0.2) is 11.5 Å². The van der Waals surface area contributed by atoms with E-state index < -0.39 is 17.0 Å². The highest BCUT2D eigenvalue weighted by Gasteiger charge is 2.56. The second-order valence-corrected chi connectivity index (χ2v) is 9.23. The van der Waals surface area contributed by atoms with Crippen molar-refractivity contribution in [3.63, 3.8) is 0 Å². The topological polar surface area (TPSA) is 80.8 Å². The molecular weight excluding hydrogens is 443 g/mol. The van der Waals surface area contributed by atoms with Gasteiger partial charge in [-0.05, 0) is 60.5 Å². The van der Waals surface area contributed by atoms with E-state index in [1.54, 1.807) is 25.4 Å². The molecule has 2 unspecified atom stereocenters. The molecule has 2 N–H and O–H groups in total. The molecule has 0 bridgehead atoms. The van der Waals surface area contributed by atoms with E-state index in [2.05, 4.69) is 9.98 Å². The number of nitrogens with zero attached hydrogens (tertiary/aromatic N) is 3. The molecule has 1 aromatic heterocycles. The molecule has 5 rings (SSSR count). The van der Waals surface area contributed by atoms with Crippen LogP contribution >= 0.6 is 11.6 Å². The van der Waals surface area contributed by atoms with Gasteiger partial charge in [-0.2, -0.15) is 0 Å². The number of hydrogen-bond donors (Lipinski definition) is 1. The van der Waals surface area contributed by atoms with Gasteiger partial charge in [0.2, 0.25) is 0 Å². The summed E-state index contributed by atoms with van der Waals surface area (Å²) >= 11 is 6.07. The number of benzene rings is 2. The van der Waals surface area contributed by atoms with Crippen LogP contribution in [0.1, 0.15) is 24.6 Å². The van der Waals surface area contributed by atoms with E-state index in [1.807, 2.05) is 37.3 Å². The van der Waals surface area contributed by atoms with Gasteiger partial charge in [-0.3, -0.25) is 14.7 Å². The Hall–Kier alpha value is -3.45. The number of guanidine groups is 1. The Bertz CT molecular complexity index is 1280. The summed E-state index contributed by atoms with van der Waals surface area (Å²) in [5.74, 6) is 0.00709. The quantitative estimate of drug-likeness (QED) is 0.626. The molecule has 0 saturated heterocycles. The minimum atomic E-state index is -1.25. The van der Waals surface area contributed by atoms with Crippen molar-refractivity contribution in [2.45, 2.75) is 30.9 Å². The number of ether oxygens (including phenoxy) is 1. The first kappa shape index (κ1) is 21.4. The fourth-order valence-corrected chi connectivity index (χ4v) is 4.98. The number of carbonyl (C=O) groups excluding carboxylic acids is 1. The van der Waals surface area contributed by atoms with Crippen molar-refractivity contribution in [2.24, 2.45) is 10.7 Å². The second kappa shape index (κ2) is 7.56. The van der Waals surface area contributed by atoms with E-state index in [1.165, 1.54) is 17.0 Å². The van der Waals surface area contributed by atoms with Crippen molar-refractivity contribution in [3.05, 3.63) is 82.9 Å². The van der Waals surface area contributed by atoms with Gasteiger partial charge in [-0.15, -0.1) is 0 Å². The van der Waals surface area contributed by atoms with Crippen molar-refractivity contribution < 1.29 is 13.9 Å². The van der Waals surface area contributed by atoms with Gasteiger partial charge in [0, 0.05) is 42.4 Å². The highest BCUT2D eigenvalue weighted by molar-refractivity contribution is 6.30. The Morgan fingerprint density at radius 1 is 1.18 bits per heavy atom. The van der Waals surface area contributed by atoms with Crippen molar-refractivity contribution in [2.75, 3.05) is 7.05 Å². The summed E-state index contributed by atoms with van der Waals surface area (Å²) in [5.41, 5.74) is 6.83. The normalized spacial score (nSPS) is 23.9. The number of rotatable bonds is 3. The molecule has 0 saturated carbocycles. The summed E-state index contributed by atoms with van der Waals surface area (Å²) in [5, 5.41) is 0.288. The van der Waals surface area contributed by atoms with Crippen LogP contribution in [0.3, 0.4) is 0 Å². The van der Waals surface area contributed by atoms with Gasteiger partial charge >= 0.3 is 0 Å². The van der Waals surface area contributed by atoms with Crippen LogP contribution in [0.4, 0.5) is 4.39 Å². The number of nitrogens with two attached hydrogens (primary N) is 1. The molecule has 3 aromatic rings. The first-order chi connectivity index (χ1) is 15.7. The summed E-state index contributed by atoms with van der Waals surface area (Å²) in [6, 6.07) is 15.4. The first-order valence-corrected chi connectivity index (χ1v) is 10.9. The molecule has 3 heterocycles. The van der Waals surface area contributed by atoms with Crippen LogP contribution in [-0.2, 0) is 16.8 Å². The van der Waals surface area contributed by atoms with Crippen LogP contribution in [-0.4, -0.2) is 34.4 Å². The number of pyridine rings is 1. The molecule has 0 aliphatic carbocycles. The van der Waals surface area contributed by atoms with E-state index >= 15 is 0 Å². The van der Waals surface area contributed by atoms with Gasteiger partial charge in [-0.25, -0.2) is 9.38 Å². The first-order valence-electron chi connectivity index (χ1n) is 10.5. The van der Waals surface area contributed by atoms with Gasteiger partial charge in [0.05, 0.1) is 0 Å². The van der Waals surface area contributed by atoms with Crippen LogP contribution in [0.25, 0.3) is 11.1 Å².